The third kappa shape index (κ3) is 1.58. The van der Waals surface area contributed by atoms with E-state index in [1.165, 1.54) is 0 Å². The molecule has 2 N–H and O–H groups in total. The topological polar surface area (TPSA) is 74.6 Å². The minimum absolute atomic E-state index is 0.278. The summed E-state index contributed by atoms with van der Waals surface area (Å²) < 4.78 is 3.45. The Bertz CT molecular complexity index is 467. The zero-order chi connectivity index (χ0) is 11.0. The van der Waals surface area contributed by atoms with Crippen molar-refractivity contribution in [2.75, 3.05) is 5.73 Å². The summed E-state index contributed by atoms with van der Waals surface area (Å²) in [6.07, 6.45) is 3.61. The molecule has 2 heterocycles. The summed E-state index contributed by atoms with van der Waals surface area (Å²) in [6.45, 7) is 4.11. The number of nitrogen functional groups attached to an aromatic ring is 1. The van der Waals surface area contributed by atoms with E-state index in [9.17, 15) is 0 Å². The fraction of sp³-hybridized carbons (Fsp3) is 0.444. The monoisotopic (exact) mass is 206 g/mol. The Morgan fingerprint density at radius 3 is 2.67 bits per heavy atom. The number of aromatic nitrogens is 5. The van der Waals surface area contributed by atoms with Crippen molar-refractivity contribution in [3.63, 3.8) is 0 Å². The first-order chi connectivity index (χ1) is 7.09. The number of anilines is 1. The van der Waals surface area contributed by atoms with Gasteiger partial charge >= 0.3 is 0 Å². The van der Waals surface area contributed by atoms with Crippen LogP contribution in [-0.2, 0) is 7.05 Å². The van der Waals surface area contributed by atoms with Crippen molar-refractivity contribution in [2.24, 2.45) is 7.05 Å². The SMILES string of the molecule is CC(C)c1c(N)nnn1-c1cnn(C)c1. The molecule has 0 bridgehead atoms. The first-order valence-electron chi connectivity index (χ1n) is 4.79. The first-order valence-corrected chi connectivity index (χ1v) is 4.79. The van der Waals surface area contributed by atoms with Crippen LogP contribution in [0.1, 0.15) is 25.5 Å². The van der Waals surface area contributed by atoms with Gasteiger partial charge in [-0.3, -0.25) is 4.68 Å². The maximum atomic E-state index is 5.76. The van der Waals surface area contributed by atoms with E-state index in [0.29, 0.717) is 5.82 Å². The highest BCUT2D eigenvalue weighted by Gasteiger charge is 2.15. The molecule has 80 valence electrons. The van der Waals surface area contributed by atoms with Gasteiger partial charge in [-0.25, -0.2) is 4.68 Å². The molecule has 0 aliphatic carbocycles. The third-order valence-corrected chi connectivity index (χ3v) is 2.22. The van der Waals surface area contributed by atoms with Crippen molar-refractivity contribution in [3.05, 3.63) is 18.1 Å². The van der Waals surface area contributed by atoms with Crippen molar-refractivity contribution in [2.45, 2.75) is 19.8 Å². The van der Waals surface area contributed by atoms with Crippen molar-refractivity contribution in [1.82, 2.24) is 24.8 Å². The Kier molecular flexibility index (Phi) is 2.18. The average molecular weight is 206 g/mol. The quantitative estimate of drug-likeness (QED) is 0.785. The van der Waals surface area contributed by atoms with Gasteiger partial charge in [0.15, 0.2) is 5.82 Å². The van der Waals surface area contributed by atoms with Crippen LogP contribution in [0.3, 0.4) is 0 Å². The van der Waals surface area contributed by atoms with Crippen LogP contribution in [-0.4, -0.2) is 24.8 Å². The second-order valence-corrected chi connectivity index (χ2v) is 3.80. The van der Waals surface area contributed by atoms with Crippen LogP contribution in [0.5, 0.6) is 0 Å². The van der Waals surface area contributed by atoms with Crippen LogP contribution in [0.25, 0.3) is 5.69 Å². The fourth-order valence-electron chi connectivity index (χ4n) is 1.55. The van der Waals surface area contributed by atoms with Crippen molar-refractivity contribution in [3.8, 4) is 5.69 Å². The highest BCUT2D eigenvalue weighted by Crippen LogP contribution is 2.21. The van der Waals surface area contributed by atoms with Crippen molar-refractivity contribution < 1.29 is 0 Å². The molecule has 0 fully saturated rings. The summed E-state index contributed by atoms with van der Waals surface area (Å²) in [7, 11) is 1.86. The maximum Gasteiger partial charge on any atom is 0.169 e. The van der Waals surface area contributed by atoms with E-state index >= 15 is 0 Å². The molecule has 0 amide bonds. The lowest BCUT2D eigenvalue weighted by Crippen LogP contribution is -2.04. The van der Waals surface area contributed by atoms with Crippen LogP contribution >= 0.6 is 0 Å². The lowest BCUT2D eigenvalue weighted by atomic mass is 10.1. The molecule has 6 nitrogen and oxygen atoms in total. The Morgan fingerprint density at radius 1 is 1.40 bits per heavy atom. The number of aryl methyl sites for hydroxylation is 1. The van der Waals surface area contributed by atoms with Gasteiger partial charge in [0.2, 0.25) is 0 Å². The minimum Gasteiger partial charge on any atom is -0.381 e. The molecule has 0 aliphatic heterocycles. The third-order valence-electron chi connectivity index (χ3n) is 2.22. The average Bonchev–Trinajstić information content (AvgIpc) is 2.71. The summed E-state index contributed by atoms with van der Waals surface area (Å²) in [6, 6.07) is 0. The summed E-state index contributed by atoms with van der Waals surface area (Å²) in [5.41, 5.74) is 7.56. The summed E-state index contributed by atoms with van der Waals surface area (Å²) in [5.74, 6) is 0.758. The number of hydrogen-bond donors (Lipinski definition) is 1. The Hall–Kier alpha value is -1.85. The van der Waals surface area contributed by atoms with Crippen LogP contribution < -0.4 is 5.73 Å². The summed E-state index contributed by atoms with van der Waals surface area (Å²) in [5, 5.41) is 12.0. The van der Waals surface area contributed by atoms with Crippen LogP contribution in [0.4, 0.5) is 5.82 Å². The van der Waals surface area contributed by atoms with Crippen LogP contribution in [0.15, 0.2) is 12.4 Å². The van der Waals surface area contributed by atoms with Gasteiger partial charge in [-0.15, -0.1) is 5.10 Å². The molecule has 0 spiro atoms. The molecule has 2 aromatic heterocycles. The van der Waals surface area contributed by atoms with Gasteiger partial charge in [-0.1, -0.05) is 19.1 Å². The Morgan fingerprint density at radius 2 is 2.13 bits per heavy atom. The van der Waals surface area contributed by atoms with Gasteiger partial charge in [-0.2, -0.15) is 5.10 Å². The van der Waals surface area contributed by atoms with Gasteiger partial charge in [0.05, 0.1) is 18.1 Å². The second kappa shape index (κ2) is 3.38. The summed E-state index contributed by atoms with van der Waals surface area (Å²) >= 11 is 0. The Labute approximate surface area is 87.7 Å². The summed E-state index contributed by atoms with van der Waals surface area (Å²) in [4.78, 5) is 0. The zero-order valence-electron chi connectivity index (χ0n) is 9.05. The highest BCUT2D eigenvalue weighted by atomic mass is 15.5. The smallest absolute Gasteiger partial charge is 0.169 e. The number of rotatable bonds is 2. The van der Waals surface area contributed by atoms with E-state index in [-0.39, 0.29) is 5.92 Å². The molecule has 0 saturated carbocycles. The van der Waals surface area contributed by atoms with E-state index < -0.39 is 0 Å². The van der Waals surface area contributed by atoms with E-state index in [1.54, 1.807) is 15.6 Å². The number of nitrogens with zero attached hydrogens (tertiary/aromatic N) is 5. The molecule has 2 aromatic rings. The number of hydrogen-bond acceptors (Lipinski definition) is 4. The largest absolute Gasteiger partial charge is 0.381 e. The molecule has 6 heteroatoms. The predicted molar refractivity (Wildman–Crippen MR) is 56.6 cm³/mol. The van der Waals surface area contributed by atoms with Crippen LogP contribution in [0.2, 0.25) is 0 Å². The van der Waals surface area contributed by atoms with Crippen molar-refractivity contribution in [1.29, 1.82) is 0 Å². The van der Waals surface area contributed by atoms with Gasteiger partial charge in [0, 0.05) is 7.05 Å². The van der Waals surface area contributed by atoms with Gasteiger partial charge in [-0.05, 0) is 5.92 Å². The van der Waals surface area contributed by atoms with Crippen molar-refractivity contribution >= 4 is 5.82 Å². The number of nitrogens with two attached hydrogens (primary N) is 1. The molecule has 0 aromatic carbocycles. The molecule has 0 unspecified atom stereocenters. The lowest BCUT2D eigenvalue weighted by Gasteiger charge is -2.06. The zero-order valence-corrected chi connectivity index (χ0v) is 9.05. The molecule has 2 rings (SSSR count). The normalized spacial score (nSPS) is 11.2. The Balaban J connectivity index is 2.53. The molecule has 0 saturated heterocycles. The minimum atomic E-state index is 0.278. The molecule has 15 heavy (non-hydrogen) atoms. The van der Waals surface area contributed by atoms with E-state index in [4.69, 9.17) is 5.73 Å². The first kappa shape index (κ1) is 9.70. The molecule has 0 aliphatic rings. The molecule has 0 radical (unpaired) electrons. The maximum absolute atomic E-state index is 5.76. The van der Waals surface area contributed by atoms with E-state index in [2.05, 4.69) is 29.3 Å². The van der Waals surface area contributed by atoms with E-state index in [0.717, 1.165) is 11.4 Å². The fourth-order valence-corrected chi connectivity index (χ4v) is 1.55. The predicted octanol–water partition coefficient (Wildman–Crippen LogP) is 0.706. The molecular formula is C9H14N6. The molecular weight excluding hydrogens is 192 g/mol. The van der Waals surface area contributed by atoms with Gasteiger partial charge < -0.3 is 5.73 Å². The molecule has 0 atom stereocenters. The highest BCUT2D eigenvalue weighted by molar-refractivity contribution is 5.40. The van der Waals surface area contributed by atoms with E-state index in [1.807, 2.05) is 13.2 Å². The van der Waals surface area contributed by atoms with Crippen LogP contribution in [0, 0.1) is 0 Å². The van der Waals surface area contributed by atoms with Gasteiger partial charge in [0.25, 0.3) is 0 Å². The lowest BCUT2D eigenvalue weighted by molar-refractivity contribution is 0.713. The van der Waals surface area contributed by atoms with Gasteiger partial charge in [0.1, 0.15) is 5.69 Å². The second-order valence-electron chi connectivity index (χ2n) is 3.80. The standard InChI is InChI=1S/C9H14N6/c1-6(2)8-9(10)12-13-15(8)7-4-11-14(3)5-7/h4-6H,10H2,1-3H3.